The van der Waals surface area contributed by atoms with Crippen LogP contribution in [0, 0.1) is 0 Å². The Balaban J connectivity index is 1.68. The molecular formula is C14H11ClN2O2. The summed E-state index contributed by atoms with van der Waals surface area (Å²) in [5.74, 6) is 0.595. The fourth-order valence-electron chi connectivity index (χ4n) is 2.00. The van der Waals surface area contributed by atoms with Gasteiger partial charge in [0.15, 0.2) is 6.10 Å². The largest absolute Gasteiger partial charge is 0.480 e. The summed E-state index contributed by atoms with van der Waals surface area (Å²) in [6.45, 7) is 0. The van der Waals surface area contributed by atoms with Crippen LogP contribution in [0.25, 0.3) is 0 Å². The van der Waals surface area contributed by atoms with Gasteiger partial charge < -0.3 is 10.1 Å². The van der Waals surface area contributed by atoms with Crippen molar-refractivity contribution in [3.8, 4) is 5.75 Å². The highest BCUT2D eigenvalue weighted by Gasteiger charge is 2.28. The van der Waals surface area contributed by atoms with Crippen molar-refractivity contribution in [1.29, 1.82) is 0 Å². The number of nitrogens with zero attached hydrogens (tertiary/aromatic N) is 1. The van der Waals surface area contributed by atoms with E-state index >= 15 is 0 Å². The average molecular weight is 275 g/mol. The zero-order valence-electron chi connectivity index (χ0n) is 9.97. The molecule has 3 rings (SSSR count). The Morgan fingerprint density at radius 3 is 2.89 bits per heavy atom. The van der Waals surface area contributed by atoms with Crippen LogP contribution in [0.4, 0.5) is 5.69 Å². The summed E-state index contributed by atoms with van der Waals surface area (Å²) in [5, 5.41) is 3.15. The molecule has 2 aromatic rings. The Kier molecular flexibility index (Phi) is 3.09. The summed E-state index contributed by atoms with van der Waals surface area (Å²) in [6, 6.07) is 11.0. The predicted molar refractivity (Wildman–Crippen MR) is 72.4 cm³/mol. The van der Waals surface area contributed by atoms with Gasteiger partial charge in [-0.25, -0.2) is 4.98 Å². The molecule has 0 saturated carbocycles. The van der Waals surface area contributed by atoms with E-state index in [0.717, 1.165) is 11.3 Å². The molecule has 1 amide bonds. The molecule has 0 radical (unpaired) electrons. The highest BCUT2D eigenvalue weighted by molar-refractivity contribution is 6.29. The first-order chi connectivity index (χ1) is 9.22. The second kappa shape index (κ2) is 4.90. The van der Waals surface area contributed by atoms with Crippen LogP contribution >= 0.6 is 11.6 Å². The molecule has 0 fully saturated rings. The third-order valence-corrected chi connectivity index (χ3v) is 3.16. The molecule has 1 aromatic carbocycles. The number of carbonyl (C=O) groups excluding carboxylic acids is 1. The normalized spacial score (nSPS) is 16.6. The van der Waals surface area contributed by atoms with Gasteiger partial charge in [-0.05, 0) is 23.8 Å². The molecule has 4 nitrogen and oxygen atoms in total. The molecule has 1 aliphatic rings. The Morgan fingerprint density at radius 2 is 2.16 bits per heavy atom. The van der Waals surface area contributed by atoms with Crippen molar-refractivity contribution in [2.75, 3.05) is 5.32 Å². The topological polar surface area (TPSA) is 51.2 Å². The monoisotopic (exact) mass is 274 g/mol. The van der Waals surface area contributed by atoms with Gasteiger partial charge in [-0.1, -0.05) is 29.8 Å². The van der Waals surface area contributed by atoms with Gasteiger partial charge in [-0.2, -0.15) is 0 Å². The molecule has 1 atom stereocenters. The number of halogens is 1. The van der Waals surface area contributed by atoms with Crippen molar-refractivity contribution in [1.82, 2.24) is 4.98 Å². The van der Waals surface area contributed by atoms with Gasteiger partial charge in [0, 0.05) is 6.42 Å². The van der Waals surface area contributed by atoms with Gasteiger partial charge in [0.1, 0.15) is 10.9 Å². The second-order valence-corrected chi connectivity index (χ2v) is 4.66. The van der Waals surface area contributed by atoms with Crippen LogP contribution in [-0.2, 0) is 11.2 Å². The SMILES string of the molecule is O=C(Nc1ccc(Cl)nc1)[C@@H]1Cc2ccccc2O1. The minimum Gasteiger partial charge on any atom is -0.480 e. The van der Waals surface area contributed by atoms with Gasteiger partial charge in [-0.3, -0.25) is 4.79 Å². The number of anilines is 1. The van der Waals surface area contributed by atoms with Crippen molar-refractivity contribution < 1.29 is 9.53 Å². The Hall–Kier alpha value is -2.07. The molecule has 0 spiro atoms. The number of hydrogen-bond donors (Lipinski definition) is 1. The van der Waals surface area contributed by atoms with Gasteiger partial charge in [0.2, 0.25) is 0 Å². The Labute approximate surface area is 115 Å². The van der Waals surface area contributed by atoms with Gasteiger partial charge >= 0.3 is 0 Å². The fourth-order valence-corrected chi connectivity index (χ4v) is 2.11. The summed E-state index contributed by atoms with van der Waals surface area (Å²) in [4.78, 5) is 16.0. The van der Waals surface area contributed by atoms with E-state index in [0.29, 0.717) is 17.3 Å². The summed E-state index contributed by atoms with van der Waals surface area (Å²) < 4.78 is 5.61. The molecule has 0 saturated heterocycles. The number of carbonyl (C=O) groups is 1. The van der Waals surface area contributed by atoms with Gasteiger partial charge in [0.25, 0.3) is 5.91 Å². The third-order valence-electron chi connectivity index (χ3n) is 2.93. The van der Waals surface area contributed by atoms with Crippen LogP contribution in [0.1, 0.15) is 5.56 Å². The first-order valence-electron chi connectivity index (χ1n) is 5.89. The van der Waals surface area contributed by atoms with Crippen molar-refractivity contribution >= 4 is 23.2 Å². The summed E-state index contributed by atoms with van der Waals surface area (Å²) >= 11 is 5.69. The van der Waals surface area contributed by atoms with Crippen LogP contribution in [0.5, 0.6) is 5.75 Å². The maximum absolute atomic E-state index is 12.1. The van der Waals surface area contributed by atoms with E-state index in [9.17, 15) is 4.79 Å². The summed E-state index contributed by atoms with van der Waals surface area (Å²) in [7, 11) is 0. The number of rotatable bonds is 2. The quantitative estimate of drug-likeness (QED) is 0.857. The van der Waals surface area contributed by atoms with Gasteiger partial charge in [0.05, 0.1) is 11.9 Å². The van der Waals surface area contributed by atoms with E-state index in [4.69, 9.17) is 16.3 Å². The van der Waals surface area contributed by atoms with Crippen molar-refractivity contribution in [2.45, 2.75) is 12.5 Å². The fraction of sp³-hybridized carbons (Fsp3) is 0.143. The first kappa shape index (κ1) is 12.0. The predicted octanol–water partition coefficient (Wildman–Crippen LogP) is 2.68. The zero-order valence-corrected chi connectivity index (χ0v) is 10.7. The molecule has 0 aliphatic carbocycles. The Morgan fingerprint density at radius 1 is 1.32 bits per heavy atom. The second-order valence-electron chi connectivity index (χ2n) is 4.28. The summed E-state index contributed by atoms with van der Waals surface area (Å²) in [6.07, 6.45) is 1.61. The highest BCUT2D eigenvalue weighted by atomic mass is 35.5. The van der Waals surface area contributed by atoms with Crippen molar-refractivity contribution in [3.63, 3.8) is 0 Å². The van der Waals surface area contributed by atoms with Crippen molar-refractivity contribution in [2.24, 2.45) is 0 Å². The number of pyridine rings is 1. The van der Waals surface area contributed by atoms with E-state index in [1.54, 1.807) is 12.1 Å². The smallest absolute Gasteiger partial charge is 0.265 e. The molecule has 0 bridgehead atoms. The summed E-state index contributed by atoms with van der Waals surface area (Å²) in [5.41, 5.74) is 1.66. The minimum absolute atomic E-state index is 0.180. The molecule has 1 aromatic heterocycles. The number of hydrogen-bond acceptors (Lipinski definition) is 3. The standard InChI is InChI=1S/C14H11ClN2O2/c15-13-6-5-10(8-16-13)17-14(18)12-7-9-3-1-2-4-11(9)19-12/h1-6,8,12H,7H2,(H,17,18)/t12-/m0/s1. The number of fused-ring (bicyclic) bond motifs is 1. The molecule has 96 valence electrons. The number of nitrogens with one attached hydrogen (secondary N) is 1. The molecule has 0 unspecified atom stereocenters. The molecule has 1 N–H and O–H groups in total. The van der Waals surface area contributed by atoms with Crippen molar-refractivity contribution in [3.05, 3.63) is 53.3 Å². The molecule has 2 heterocycles. The van der Waals surface area contributed by atoms with E-state index in [1.807, 2.05) is 24.3 Å². The van der Waals surface area contributed by atoms with E-state index in [1.165, 1.54) is 6.20 Å². The Bertz CT molecular complexity index is 588. The lowest BCUT2D eigenvalue weighted by molar-refractivity contribution is -0.122. The van der Waals surface area contributed by atoms with E-state index < -0.39 is 6.10 Å². The number of aromatic nitrogens is 1. The lowest BCUT2D eigenvalue weighted by Gasteiger charge is -2.11. The molecule has 1 aliphatic heterocycles. The number of amides is 1. The third kappa shape index (κ3) is 2.53. The highest BCUT2D eigenvalue weighted by Crippen LogP contribution is 2.28. The number of para-hydroxylation sites is 1. The molecular weight excluding hydrogens is 264 g/mol. The van der Waals surface area contributed by atoms with Crippen LogP contribution in [0.15, 0.2) is 42.6 Å². The van der Waals surface area contributed by atoms with Crippen LogP contribution in [-0.4, -0.2) is 17.0 Å². The number of ether oxygens (including phenoxy) is 1. The maximum atomic E-state index is 12.1. The first-order valence-corrected chi connectivity index (χ1v) is 6.27. The lowest BCUT2D eigenvalue weighted by Crippen LogP contribution is -2.31. The number of benzene rings is 1. The molecule has 5 heteroatoms. The van der Waals surface area contributed by atoms with Gasteiger partial charge in [-0.15, -0.1) is 0 Å². The van der Waals surface area contributed by atoms with E-state index in [2.05, 4.69) is 10.3 Å². The van der Waals surface area contributed by atoms with Crippen LogP contribution in [0.3, 0.4) is 0 Å². The van der Waals surface area contributed by atoms with Crippen LogP contribution in [0.2, 0.25) is 5.15 Å². The average Bonchev–Trinajstić information content (AvgIpc) is 2.85. The van der Waals surface area contributed by atoms with Crippen LogP contribution < -0.4 is 10.1 Å². The maximum Gasteiger partial charge on any atom is 0.265 e. The van der Waals surface area contributed by atoms with E-state index in [-0.39, 0.29) is 5.91 Å². The molecule has 19 heavy (non-hydrogen) atoms. The lowest BCUT2D eigenvalue weighted by atomic mass is 10.1. The minimum atomic E-state index is -0.493. The zero-order chi connectivity index (χ0) is 13.2.